The number of aromatic nitrogens is 3. The van der Waals surface area contributed by atoms with Gasteiger partial charge in [-0.2, -0.15) is 5.26 Å². The van der Waals surface area contributed by atoms with E-state index in [1.807, 2.05) is 11.0 Å². The number of hydrogen-bond donors (Lipinski definition) is 0. The van der Waals surface area contributed by atoms with E-state index in [-0.39, 0.29) is 18.3 Å². The second-order valence-electron chi connectivity index (χ2n) is 5.11. The van der Waals surface area contributed by atoms with Gasteiger partial charge < -0.3 is 4.90 Å². The molecule has 0 spiro atoms. The van der Waals surface area contributed by atoms with Gasteiger partial charge >= 0.3 is 0 Å². The van der Waals surface area contributed by atoms with E-state index in [1.54, 1.807) is 11.3 Å². The van der Waals surface area contributed by atoms with Crippen molar-refractivity contribution < 1.29 is 4.79 Å². The molecular formula is C14H16N6OS. The molecule has 1 amide bonds. The quantitative estimate of drug-likeness (QED) is 0.823. The summed E-state index contributed by atoms with van der Waals surface area (Å²) in [4.78, 5) is 21.6. The van der Waals surface area contributed by atoms with Crippen LogP contribution in [0.1, 0.15) is 10.7 Å². The number of rotatable bonds is 4. The third-order valence-corrected chi connectivity index (χ3v) is 4.48. The Hall–Kier alpha value is -2.24. The van der Waals surface area contributed by atoms with E-state index in [1.165, 1.54) is 15.9 Å². The zero-order valence-corrected chi connectivity index (χ0v) is 12.9. The Labute approximate surface area is 132 Å². The molecule has 0 N–H and O–H groups in total. The molecule has 0 bridgehead atoms. The number of amides is 1. The number of carbonyl (C=O) groups excluding carboxylic acids is 1. The highest BCUT2D eigenvalue weighted by Gasteiger charge is 2.21. The lowest BCUT2D eigenvalue weighted by molar-refractivity contribution is -0.133. The Morgan fingerprint density at radius 1 is 1.36 bits per heavy atom. The minimum absolute atomic E-state index is 0.0187. The highest BCUT2D eigenvalue weighted by atomic mass is 32.1. The monoisotopic (exact) mass is 316 g/mol. The molecule has 2 aromatic heterocycles. The average molecular weight is 316 g/mol. The summed E-state index contributed by atoms with van der Waals surface area (Å²) in [6, 6.07) is 6.05. The molecule has 0 atom stereocenters. The number of carbonyl (C=O) groups is 1. The van der Waals surface area contributed by atoms with E-state index in [0.29, 0.717) is 0 Å². The average Bonchev–Trinajstić information content (AvgIpc) is 3.19. The van der Waals surface area contributed by atoms with Crippen LogP contribution in [0.4, 0.5) is 0 Å². The van der Waals surface area contributed by atoms with Gasteiger partial charge in [0.1, 0.15) is 18.9 Å². The fraction of sp³-hybridized carbons (Fsp3) is 0.429. The standard InChI is InChI=1S/C14H16N6OS/c15-8-13-16-11-20(17-13)10-14(21)19-5-3-18(4-6-19)9-12-2-1-7-22-12/h1-2,7,11H,3-6,9-10H2. The van der Waals surface area contributed by atoms with Crippen LogP contribution in [0.2, 0.25) is 0 Å². The lowest BCUT2D eigenvalue weighted by Gasteiger charge is -2.34. The van der Waals surface area contributed by atoms with Crippen molar-refractivity contribution in [2.45, 2.75) is 13.1 Å². The maximum absolute atomic E-state index is 12.2. The first-order chi connectivity index (χ1) is 10.7. The van der Waals surface area contributed by atoms with Crippen LogP contribution in [0.15, 0.2) is 23.8 Å². The fourth-order valence-corrected chi connectivity index (χ4v) is 3.19. The van der Waals surface area contributed by atoms with Crippen molar-refractivity contribution in [1.82, 2.24) is 24.6 Å². The number of piperazine rings is 1. The maximum Gasteiger partial charge on any atom is 0.252 e. The SMILES string of the molecule is N#Cc1ncn(CC(=O)N2CCN(Cc3cccs3)CC2)n1. The molecule has 8 heteroatoms. The van der Waals surface area contributed by atoms with E-state index in [9.17, 15) is 4.79 Å². The van der Waals surface area contributed by atoms with E-state index in [4.69, 9.17) is 5.26 Å². The predicted octanol–water partition coefficient (Wildman–Crippen LogP) is 0.556. The van der Waals surface area contributed by atoms with Crippen molar-refractivity contribution in [1.29, 1.82) is 5.26 Å². The maximum atomic E-state index is 12.2. The topological polar surface area (TPSA) is 78.0 Å². The Bertz CT molecular complexity index is 666. The van der Waals surface area contributed by atoms with Crippen molar-refractivity contribution in [3.8, 4) is 6.07 Å². The summed E-state index contributed by atoms with van der Waals surface area (Å²) in [7, 11) is 0. The number of thiophene rings is 1. The van der Waals surface area contributed by atoms with Gasteiger partial charge in [0.15, 0.2) is 0 Å². The number of nitriles is 1. The molecule has 7 nitrogen and oxygen atoms in total. The van der Waals surface area contributed by atoms with Crippen molar-refractivity contribution in [3.63, 3.8) is 0 Å². The van der Waals surface area contributed by atoms with Crippen molar-refractivity contribution in [3.05, 3.63) is 34.5 Å². The van der Waals surface area contributed by atoms with Gasteiger partial charge in [-0.15, -0.1) is 16.4 Å². The van der Waals surface area contributed by atoms with E-state index < -0.39 is 0 Å². The molecule has 0 saturated carbocycles. The van der Waals surface area contributed by atoms with Crippen molar-refractivity contribution in [2.75, 3.05) is 26.2 Å². The molecule has 3 rings (SSSR count). The zero-order valence-electron chi connectivity index (χ0n) is 12.1. The van der Waals surface area contributed by atoms with E-state index in [0.717, 1.165) is 32.7 Å². The van der Waals surface area contributed by atoms with Gasteiger partial charge in [-0.3, -0.25) is 9.69 Å². The molecule has 1 aliphatic rings. The smallest absolute Gasteiger partial charge is 0.252 e. The first-order valence-electron chi connectivity index (χ1n) is 7.06. The summed E-state index contributed by atoms with van der Waals surface area (Å²) >= 11 is 1.76. The van der Waals surface area contributed by atoms with Gasteiger partial charge in [-0.1, -0.05) is 6.07 Å². The molecular weight excluding hydrogens is 300 g/mol. The van der Waals surface area contributed by atoms with Gasteiger partial charge in [0.2, 0.25) is 5.91 Å². The number of nitrogens with zero attached hydrogens (tertiary/aromatic N) is 6. The van der Waals surface area contributed by atoms with Crippen LogP contribution >= 0.6 is 11.3 Å². The summed E-state index contributed by atoms with van der Waals surface area (Å²) < 4.78 is 1.42. The van der Waals surface area contributed by atoms with Gasteiger partial charge in [0.05, 0.1) is 0 Å². The lowest BCUT2D eigenvalue weighted by Crippen LogP contribution is -2.49. The molecule has 22 heavy (non-hydrogen) atoms. The first-order valence-corrected chi connectivity index (χ1v) is 7.94. The van der Waals surface area contributed by atoms with Crippen LogP contribution in [0, 0.1) is 11.3 Å². The Kier molecular flexibility index (Phi) is 4.46. The molecule has 1 fully saturated rings. The van der Waals surface area contributed by atoms with Crippen LogP contribution in [0.5, 0.6) is 0 Å². The molecule has 0 radical (unpaired) electrons. The normalized spacial score (nSPS) is 15.7. The lowest BCUT2D eigenvalue weighted by atomic mass is 10.3. The summed E-state index contributed by atoms with van der Waals surface area (Å²) in [6.45, 7) is 4.30. The van der Waals surface area contributed by atoms with Gasteiger partial charge in [0, 0.05) is 37.6 Å². The second kappa shape index (κ2) is 6.68. The van der Waals surface area contributed by atoms with Gasteiger partial charge in [0.25, 0.3) is 5.82 Å². The third-order valence-electron chi connectivity index (χ3n) is 3.62. The van der Waals surface area contributed by atoms with Gasteiger partial charge in [-0.05, 0) is 11.4 Å². The number of hydrogen-bond acceptors (Lipinski definition) is 6. The highest BCUT2D eigenvalue weighted by molar-refractivity contribution is 7.09. The fourth-order valence-electron chi connectivity index (χ4n) is 2.44. The minimum atomic E-state index is 0.0187. The molecule has 3 heterocycles. The van der Waals surface area contributed by atoms with Crippen LogP contribution in [-0.4, -0.2) is 56.7 Å². The van der Waals surface area contributed by atoms with Crippen LogP contribution < -0.4 is 0 Å². The first kappa shape index (κ1) is 14.7. The summed E-state index contributed by atoms with van der Waals surface area (Å²) in [5.41, 5.74) is 0. The molecule has 2 aromatic rings. The van der Waals surface area contributed by atoms with Crippen molar-refractivity contribution in [2.24, 2.45) is 0 Å². The van der Waals surface area contributed by atoms with Crippen LogP contribution in [0.25, 0.3) is 0 Å². The predicted molar refractivity (Wildman–Crippen MR) is 80.9 cm³/mol. The summed E-state index contributed by atoms with van der Waals surface area (Å²) in [5.74, 6) is 0.110. The Morgan fingerprint density at radius 2 is 2.18 bits per heavy atom. The summed E-state index contributed by atoms with van der Waals surface area (Å²) in [5, 5.41) is 14.7. The second-order valence-corrected chi connectivity index (χ2v) is 6.15. The molecule has 1 saturated heterocycles. The molecule has 0 aromatic carbocycles. The molecule has 0 unspecified atom stereocenters. The Morgan fingerprint density at radius 3 is 2.82 bits per heavy atom. The third kappa shape index (κ3) is 3.50. The van der Waals surface area contributed by atoms with E-state index >= 15 is 0 Å². The van der Waals surface area contributed by atoms with Crippen LogP contribution in [-0.2, 0) is 17.9 Å². The molecule has 1 aliphatic heterocycles. The molecule has 0 aliphatic carbocycles. The highest BCUT2D eigenvalue weighted by Crippen LogP contribution is 2.13. The summed E-state index contributed by atoms with van der Waals surface area (Å²) in [6.07, 6.45) is 1.42. The zero-order chi connectivity index (χ0) is 15.4. The van der Waals surface area contributed by atoms with Crippen LogP contribution in [0.3, 0.4) is 0 Å². The van der Waals surface area contributed by atoms with Gasteiger partial charge in [-0.25, -0.2) is 9.67 Å². The minimum Gasteiger partial charge on any atom is -0.339 e. The Balaban J connectivity index is 1.48. The van der Waals surface area contributed by atoms with E-state index in [2.05, 4.69) is 32.5 Å². The van der Waals surface area contributed by atoms with Crippen molar-refractivity contribution >= 4 is 17.2 Å². The largest absolute Gasteiger partial charge is 0.339 e. The molecule has 114 valence electrons.